The number of ether oxygens (including phenoxy) is 4. The molecule has 3 saturated heterocycles. The lowest BCUT2D eigenvalue weighted by molar-refractivity contribution is -0.132. The number of piperidine rings is 2. The van der Waals surface area contributed by atoms with E-state index in [2.05, 4.69) is 5.32 Å². The lowest BCUT2D eigenvalue weighted by atomic mass is 9.96. The molecule has 3 fully saturated rings. The summed E-state index contributed by atoms with van der Waals surface area (Å²) < 4.78 is 23.1. The maximum absolute atomic E-state index is 13.2. The normalized spacial score (nSPS) is 24.3. The molecule has 0 saturated carbocycles. The minimum Gasteiger partial charge on any atom is -0.445 e. The zero-order chi connectivity index (χ0) is 27.8. The second kappa shape index (κ2) is 13.5. The van der Waals surface area contributed by atoms with Crippen LogP contribution in [0.2, 0.25) is 0 Å². The van der Waals surface area contributed by atoms with Crippen molar-refractivity contribution in [3.63, 3.8) is 0 Å². The molecule has 10 heteroatoms. The minimum atomic E-state index is -0.535. The summed E-state index contributed by atoms with van der Waals surface area (Å²) in [5.41, 5.74) is 0.378. The summed E-state index contributed by atoms with van der Waals surface area (Å²) in [5.74, 6) is -0.132. The molecule has 1 aromatic carbocycles. The predicted molar refractivity (Wildman–Crippen MR) is 144 cm³/mol. The van der Waals surface area contributed by atoms with E-state index in [9.17, 15) is 14.4 Å². The summed E-state index contributed by atoms with van der Waals surface area (Å²) in [6, 6.07) is 8.94. The highest BCUT2D eigenvalue weighted by atomic mass is 16.6. The number of hydrogen-bond donors (Lipinski definition) is 1. The molecule has 10 nitrogen and oxygen atoms in total. The minimum absolute atomic E-state index is 0.0534. The number of nitrogens with one attached hydrogen (secondary N) is 1. The highest BCUT2D eigenvalue weighted by Crippen LogP contribution is 2.24. The van der Waals surface area contributed by atoms with E-state index in [1.54, 1.807) is 9.80 Å². The van der Waals surface area contributed by atoms with Gasteiger partial charge in [0.2, 0.25) is 5.91 Å². The van der Waals surface area contributed by atoms with Gasteiger partial charge in [0, 0.05) is 26.2 Å². The summed E-state index contributed by atoms with van der Waals surface area (Å²) in [6.07, 6.45) is 3.21. The maximum Gasteiger partial charge on any atom is 0.410 e. The lowest BCUT2D eigenvalue weighted by Crippen LogP contribution is -2.60. The first-order valence-corrected chi connectivity index (χ1v) is 14.2. The number of hydrogen-bond acceptors (Lipinski definition) is 7. The summed E-state index contributed by atoms with van der Waals surface area (Å²) in [6.45, 7) is 8.24. The summed E-state index contributed by atoms with van der Waals surface area (Å²) in [4.78, 5) is 41.9. The molecule has 0 spiro atoms. The van der Waals surface area contributed by atoms with Crippen molar-refractivity contribution in [2.24, 2.45) is 0 Å². The van der Waals surface area contributed by atoms with Gasteiger partial charge in [0.05, 0.1) is 24.8 Å². The van der Waals surface area contributed by atoms with Crippen LogP contribution in [0.1, 0.15) is 64.9 Å². The number of benzene rings is 1. The van der Waals surface area contributed by atoms with Crippen molar-refractivity contribution >= 4 is 18.1 Å². The quantitative estimate of drug-likeness (QED) is 0.554. The molecule has 3 amide bonds. The van der Waals surface area contributed by atoms with Gasteiger partial charge in [-0.3, -0.25) is 4.79 Å². The van der Waals surface area contributed by atoms with E-state index < -0.39 is 17.8 Å². The predicted octanol–water partition coefficient (Wildman–Crippen LogP) is 3.87. The van der Waals surface area contributed by atoms with Crippen molar-refractivity contribution in [2.75, 3.05) is 32.8 Å². The Hall–Kier alpha value is -2.85. The van der Waals surface area contributed by atoms with Crippen molar-refractivity contribution in [1.82, 2.24) is 15.1 Å². The van der Waals surface area contributed by atoms with Gasteiger partial charge in [0.1, 0.15) is 18.3 Å². The highest BCUT2D eigenvalue weighted by Gasteiger charge is 2.39. The maximum atomic E-state index is 13.2. The molecule has 0 radical (unpaired) electrons. The molecule has 3 atom stereocenters. The molecule has 3 aliphatic heterocycles. The van der Waals surface area contributed by atoms with E-state index >= 15 is 0 Å². The smallest absolute Gasteiger partial charge is 0.410 e. The fourth-order valence-electron chi connectivity index (χ4n) is 5.29. The van der Waals surface area contributed by atoms with Crippen molar-refractivity contribution in [2.45, 2.75) is 95.8 Å². The van der Waals surface area contributed by atoms with Gasteiger partial charge in [-0.1, -0.05) is 30.3 Å². The van der Waals surface area contributed by atoms with Gasteiger partial charge >= 0.3 is 12.2 Å². The van der Waals surface area contributed by atoms with Gasteiger partial charge < -0.3 is 34.1 Å². The first-order chi connectivity index (χ1) is 18.7. The third kappa shape index (κ3) is 8.57. The van der Waals surface area contributed by atoms with Crippen LogP contribution >= 0.6 is 0 Å². The second-order valence-corrected chi connectivity index (χ2v) is 11.6. The topological polar surface area (TPSA) is 107 Å². The average Bonchev–Trinajstić information content (AvgIpc) is 3.46. The van der Waals surface area contributed by atoms with Crippen molar-refractivity contribution in [1.29, 1.82) is 0 Å². The first kappa shape index (κ1) is 29.1. The molecule has 3 aliphatic rings. The summed E-state index contributed by atoms with van der Waals surface area (Å²) >= 11 is 0. The molecule has 1 aromatic rings. The van der Waals surface area contributed by atoms with Crippen LogP contribution in [0.5, 0.6) is 0 Å². The van der Waals surface area contributed by atoms with Gasteiger partial charge in [0.25, 0.3) is 0 Å². The number of carbonyl (C=O) groups is 3. The molecule has 39 heavy (non-hydrogen) atoms. The molecule has 2 unspecified atom stereocenters. The van der Waals surface area contributed by atoms with E-state index in [-0.39, 0.29) is 43.4 Å². The van der Waals surface area contributed by atoms with E-state index in [0.29, 0.717) is 45.5 Å². The molecule has 0 aliphatic carbocycles. The first-order valence-electron chi connectivity index (χ1n) is 14.2. The third-order valence-corrected chi connectivity index (χ3v) is 7.36. The van der Waals surface area contributed by atoms with Crippen LogP contribution in [0.15, 0.2) is 30.3 Å². The Kier molecular flexibility index (Phi) is 10.1. The Bertz CT molecular complexity index is 953. The molecular formula is C29H43N3O7. The molecule has 3 heterocycles. The van der Waals surface area contributed by atoms with Crippen LogP contribution in [-0.2, 0) is 30.3 Å². The van der Waals surface area contributed by atoms with Gasteiger partial charge in [0.15, 0.2) is 0 Å². The molecule has 0 bridgehead atoms. The van der Waals surface area contributed by atoms with Gasteiger partial charge in [-0.2, -0.15) is 0 Å². The van der Waals surface area contributed by atoms with Crippen molar-refractivity contribution in [3.8, 4) is 0 Å². The fraction of sp³-hybridized carbons (Fsp3) is 0.690. The second-order valence-electron chi connectivity index (χ2n) is 11.6. The molecule has 0 aromatic heterocycles. The van der Waals surface area contributed by atoms with E-state index in [1.165, 1.54) is 0 Å². The number of carbonyl (C=O) groups excluding carboxylic acids is 3. The van der Waals surface area contributed by atoms with Crippen LogP contribution in [0.4, 0.5) is 9.59 Å². The number of nitrogens with zero attached hydrogens (tertiary/aromatic N) is 2. The highest BCUT2D eigenvalue weighted by molar-refractivity contribution is 5.81. The van der Waals surface area contributed by atoms with E-state index in [1.807, 2.05) is 51.1 Å². The van der Waals surface area contributed by atoms with Crippen molar-refractivity contribution in [3.05, 3.63) is 35.9 Å². The monoisotopic (exact) mass is 545 g/mol. The van der Waals surface area contributed by atoms with Crippen LogP contribution in [-0.4, -0.2) is 90.6 Å². The van der Waals surface area contributed by atoms with Crippen LogP contribution in [0.25, 0.3) is 0 Å². The largest absolute Gasteiger partial charge is 0.445 e. The Labute approximate surface area is 231 Å². The Balaban J connectivity index is 1.36. The standard InChI is InChI=1S/C29H43N3O7/c1-29(2,3)39-27(34)31-16-13-22(14-17-31)37-20-24-23(30-26(33)25-12-8-18-36-25)11-7-15-32(24)28(35)38-19-21-9-5-4-6-10-21/h4-6,9-10,22-25H,7-8,11-20H2,1-3H3,(H,30,33)/t23?,24?,25-/m0/s1. The Morgan fingerprint density at radius 1 is 0.974 bits per heavy atom. The molecule has 216 valence electrons. The zero-order valence-corrected chi connectivity index (χ0v) is 23.4. The van der Waals surface area contributed by atoms with Crippen LogP contribution in [0.3, 0.4) is 0 Å². The van der Waals surface area contributed by atoms with Gasteiger partial charge in [-0.25, -0.2) is 9.59 Å². The molecular weight excluding hydrogens is 502 g/mol. The van der Waals surface area contributed by atoms with Crippen LogP contribution < -0.4 is 5.32 Å². The number of rotatable bonds is 7. The SMILES string of the molecule is CC(C)(C)OC(=O)N1CCC(OCC2C(NC(=O)[C@@H]3CCCO3)CCCN2C(=O)OCc2ccccc2)CC1. The third-order valence-electron chi connectivity index (χ3n) is 7.36. The lowest BCUT2D eigenvalue weighted by Gasteiger charge is -2.42. The van der Waals surface area contributed by atoms with E-state index in [4.69, 9.17) is 18.9 Å². The zero-order valence-electron chi connectivity index (χ0n) is 23.4. The van der Waals surface area contributed by atoms with Crippen LogP contribution in [0, 0.1) is 0 Å². The Morgan fingerprint density at radius 3 is 2.38 bits per heavy atom. The average molecular weight is 546 g/mol. The molecule has 1 N–H and O–H groups in total. The number of amides is 3. The van der Waals surface area contributed by atoms with Crippen molar-refractivity contribution < 1.29 is 33.3 Å². The summed E-state index contributed by atoms with van der Waals surface area (Å²) in [5, 5.41) is 3.14. The van der Waals surface area contributed by atoms with Gasteiger partial charge in [-0.05, 0) is 64.9 Å². The molecule has 4 rings (SSSR count). The fourth-order valence-corrected chi connectivity index (χ4v) is 5.29. The number of likely N-dealkylation sites (tertiary alicyclic amines) is 2. The van der Waals surface area contributed by atoms with E-state index in [0.717, 1.165) is 24.8 Å². The summed E-state index contributed by atoms with van der Waals surface area (Å²) in [7, 11) is 0. The Morgan fingerprint density at radius 2 is 1.72 bits per heavy atom. The van der Waals surface area contributed by atoms with Gasteiger partial charge in [-0.15, -0.1) is 0 Å².